The molecule has 0 saturated heterocycles. The van der Waals surface area contributed by atoms with Crippen molar-refractivity contribution in [2.24, 2.45) is 0 Å². The molecule has 1 aromatic carbocycles. The predicted octanol–water partition coefficient (Wildman–Crippen LogP) is 1.06. The van der Waals surface area contributed by atoms with Gasteiger partial charge < -0.3 is 5.11 Å². The fourth-order valence-corrected chi connectivity index (χ4v) is 1.78. The van der Waals surface area contributed by atoms with Crippen molar-refractivity contribution in [3.63, 3.8) is 0 Å². The number of hydrogen-bond acceptors (Lipinski definition) is 4. The van der Waals surface area contributed by atoms with Crippen molar-refractivity contribution >= 4 is 17.8 Å². The van der Waals surface area contributed by atoms with Gasteiger partial charge in [-0.25, -0.2) is 4.79 Å². The maximum atomic E-state index is 12.6. The topological polar surface area (TPSA) is 113 Å². The Morgan fingerprint density at radius 1 is 1.16 bits per heavy atom. The zero-order chi connectivity index (χ0) is 18.6. The van der Waals surface area contributed by atoms with Gasteiger partial charge in [-0.15, -0.1) is 0 Å². The highest BCUT2D eigenvalue weighted by atomic mass is 19.4. The number of hydrazine groups is 1. The van der Waals surface area contributed by atoms with E-state index < -0.39 is 36.1 Å². The minimum atomic E-state index is -4.60. The summed E-state index contributed by atoms with van der Waals surface area (Å²) in [5.41, 5.74) is 2.55. The first-order chi connectivity index (χ1) is 11.7. The zero-order valence-corrected chi connectivity index (χ0v) is 12.4. The maximum Gasteiger partial charge on any atom is 0.416 e. The third kappa shape index (κ3) is 4.80. The van der Waals surface area contributed by atoms with Gasteiger partial charge in [-0.2, -0.15) is 18.3 Å². The fraction of sp³-hybridized carbons (Fsp3) is 0.143. The van der Waals surface area contributed by atoms with E-state index in [0.717, 1.165) is 35.3 Å². The molecule has 1 aromatic heterocycles. The number of alkyl halides is 3. The van der Waals surface area contributed by atoms with E-state index in [9.17, 15) is 27.6 Å². The van der Waals surface area contributed by atoms with Gasteiger partial charge in [0.1, 0.15) is 6.54 Å². The summed E-state index contributed by atoms with van der Waals surface area (Å²) in [5, 5.41) is 12.4. The van der Waals surface area contributed by atoms with E-state index in [1.165, 1.54) is 0 Å². The molecule has 2 rings (SSSR count). The molecule has 2 aromatic rings. The van der Waals surface area contributed by atoms with E-state index in [1.807, 2.05) is 10.9 Å². The Morgan fingerprint density at radius 3 is 2.48 bits per heavy atom. The number of carbonyl (C=O) groups is 3. The SMILES string of the molecule is O=C(Cn1cc(C(=O)O)cn1)NNC(=O)c1cccc(C(F)(F)F)c1. The average molecular weight is 356 g/mol. The van der Waals surface area contributed by atoms with E-state index in [4.69, 9.17) is 5.11 Å². The Kier molecular flexibility index (Phi) is 5.05. The molecule has 1 heterocycles. The first kappa shape index (κ1) is 18.0. The van der Waals surface area contributed by atoms with Gasteiger partial charge in [-0.1, -0.05) is 6.07 Å². The van der Waals surface area contributed by atoms with Crippen LogP contribution in [0.4, 0.5) is 13.2 Å². The molecule has 0 fully saturated rings. The standard InChI is InChI=1S/C14H11F3N4O4/c15-14(16,17)10-3-1-2-8(4-10)12(23)20-19-11(22)7-21-6-9(5-18-21)13(24)25/h1-6H,7H2,(H,19,22)(H,20,23)(H,24,25). The highest BCUT2D eigenvalue weighted by Gasteiger charge is 2.30. The number of carboxylic acid groups (broad SMARTS) is 1. The lowest BCUT2D eigenvalue weighted by molar-refractivity contribution is -0.137. The lowest BCUT2D eigenvalue weighted by atomic mass is 10.1. The van der Waals surface area contributed by atoms with Crippen LogP contribution in [0.2, 0.25) is 0 Å². The van der Waals surface area contributed by atoms with Gasteiger partial charge >= 0.3 is 12.1 Å². The summed E-state index contributed by atoms with van der Waals surface area (Å²) in [4.78, 5) is 34.1. The van der Waals surface area contributed by atoms with Crippen molar-refractivity contribution in [2.75, 3.05) is 0 Å². The molecule has 8 nitrogen and oxygen atoms in total. The van der Waals surface area contributed by atoms with Crippen molar-refractivity contribution in [2.45, 2.75) is 12.7 Å². The number of aromatic nitrogens is 2. The van der Waals surface area contributed by atoms with Gasteiger partial charge in [0.05, 0.1) is 17.3 Å². The van der Waals surface area contributed by atoms with Crippen molar-refractivity contribution in [3.8, 4) is 0 Å². The van der Waals surface area contributed by atoms with E-state index in [2.05, 4.69) is 5.10 Å². The minimum Gasteiger partial charge on any atom is -0.478 e. The van der Waals surface area contributed by atoms with Gasteiger partial charge in [0.25, 0.3) is 11.8 Å². The number of amides is 2. The summed E-state index contributed by atoms with van der Waals surface area (Å²) >= 11 is 0. The molecule has 11 heteroatoms. The maximum absolute atomic E-state index is 12.6. The Labute approximate surface area is 138 Å². The first-order valence-electron chi connectivity index (χ1n) is 6.69. The summed E-state index contributed by atoms with van der Waals surface area (Å²) < 4.78 is 38.8. The highest BCUT2D eigenvalue weighted by Crippen LogP contribution is 2.29. The number of aromatic carboxylic acids is 1. The average Bonchev–Trinajstić information content (AvgIpc) is 3.00. The summed E-state index contributed by atoms with van der Waals surface area (Å²) in [6, 6.07) is 3.68. The number of carboxylic acids is 1. The Morgan fingerprint density at radius 2 is 1.88 bits per heavy atom. The normalized spacial score (nSPS) is 11.0. The molecule has 0 atom stereocenters. The quantitative estimate of drug-likeness (QED) is 0.709. The van der Waals surface area contributed by atoms with Gasteiger partial charge in [-0.3, -0.25) is 25.1 Å². The molecule has 0 spiro atoms. The molecule has 0 aliphatic rings. The van der Waals surface area contributed by atoms with Crippen molar-refractivity contribution in [1.82, 2.24) is 20.6 Å². The monoisotopic (exact) mass is 356 g/mol. The number of hydrogen-bond donors (Lipinski definition) is 3. The van der Waals surface area contributed by atoms with Crippen LogP contribution in [0.15, 0.2) is 36.7 Å². The fourth-order valence-electron chi connectivity index (χ4n) is 1.78. The lowest BCUT2D eigenvalue weighted by Crippen LogP contribution is -2.43. The summed E-state index contributed by atoms with van der Waals surface area (Å²) in [5.74, 6) is -2.91. The second-order valence-corrected chi connectivity index (χ2v) is 4.81. The van der Waals surface area contributed by atoms with Crippen LogP contribution in [-0.4, -0.2) is 32.7 Å². The van der Waals surface area contributed by atoms with Gasteiger partial charge in [0.15, 0.2) is 0 Å². The molecule has 0 aliphatic heterocycles. The molecule has 0 aliphatic carbocycles. The number of rotatable bonds is 4. The Hall–Kier alpha value is -3.37. The largest absolute Gasteiger partial charge is 0.478 e. The molecule has 0 bridgehead atoms. The number of carbonyl (C=O) groups excluding carboxylic acids is 2. The molecule has 2 amide bonds. The van der Waals surface area contributed by atoms with Crippen LogP contribution in [0, 0.1) is 0 Å². The van der Waals surface area contributed by atoms with Crippen LogP contribution in [0.5, 0.6) is 0 Å². The second-order valence-electron chi connectivity index (χ2n) is 4.81. The Bertz CT molecular complexity index is 816. The van der Waals surface area contributed by atoms with E-state index in [0.29, 0.717) is 6.07 Å². The van der Waals surface area contributed by atoms with Crippen molar-refractivity contribution in [3.05, 3.63) is 53.3 Å². The van der Waals surface area contributed by atoms with Gasteiger partial charge in [0.2, 0.25) is 0 Å². The third-order valence-corrected chi connectivity index (χ3v) is 2.95. The number of nitrogens with zero attached hydrogens (tertiary/aromatic N) is 2. The van der Waals surface area contributed by atoms with Crippen LogP contribution in [0.3, 0.4) is 0 Å². The predicted molar refractivity (Wildman–Crippen MR) is 76.2 cm³/mol. The highest BCUT2D eigenvalue weighted by molar-refractivity contribution is 5.95. The van der Waals surface area contributed by atoms with E-state index in [1.54, 1.807) is 0 Å². The van der Waals surface area contributed by atoms with Crippen molar-refractivity contribution < 1.29 is 32.7 Å². The van der Waals surface area contributed by atoms with Crippen LogP contribution < -0.4 is 10.9 Å². The number of benzene rings is 1. The molecular formula is C14H11F3N4O4. The minimum absolute atomic E-state index is 0.124. The smallest absolute Gasteiger partial charge is 0.416 e. The molecule has 0 unspecified atom stereocenters. The molecular weight excluding hydrogens is 345 g/mol. The van der Waals surface area contributed by atoms with Crippen LogP contribution in [-0.2, 0) is 17.5 Å². The number of halogens is 3. The van der Waals surface area contributed by atoms with E-state index >= 15 is 0 Å². The molecule has 0 saturated carbocycles. The summed E-state index contributed by atoms with van der Waals surface area (Å²) in [6.45, 7) is -0.393. The Balaban J connectivity index is 1.93. The molecule has 0 radical (unpaired) electrons. The number of nitrogens with one attached hydrogen (secondary N) is 2. The lowest BCUT2D eigenvalue weighted by Gasteiger charge is -2.10. The van der Waals surface area contributed by atoms with Crippen LogP contribution >= 0.6 is 0 Å². The molecule has 3 N–H and O–H groups in total. The molecule has 132 valence electrons. The summed E-state index contributed by atoms with van der Waals surface area (Å²) in [7, 11) is 0. The van der Waals surface area contributed by atoms with Crippen molar-refractivity contribution in [1.29, 1.82) is 0 Å². The van der Waals surface area contributed by atoms with Crippen LogP contribution in [0.1, 0.15) is 26.3 Å². The molecule has 25 heavy (non-hydrogen) atoms. The van der Waals surface area contributed by atoms with Gasteiger partial charge in [-0.05, 0) is 18.2 Å². The zero-order valence-electron chi connectivity index (χ0n) is 12.4. The summed E-state index contributed by atoms with van der Waals surface area (Å²) in [6.07, 6.45) is -2.45. The van der Waals surface area contributed by atoms with Crippen LogP contribution in [0.25, 0.3) is 0 Å². The second kappa shape index (κ2) is 7.03. The third-order valence-electron chi connectivity index (χ3n) is 2.95. The van der Waals surface area contributed by atoms with Gasteiger partial charge in [0, 0.05) is 11.8 Å². The van der Waals surface area contributed by atoms with E-state index in [-0.39, 0.29) is 11.1 Å². The first-order valence-corrected chi connectivity index (χ1v) is 6.69.